The Labute approximate surface area is 197 Å². The van der Waals surface area contributed by atoms with Crippen LogP contribution in [0.1, 0.15) is 25.3 Å². The van der Waals surface area contributed by atoms with E-state index in [1.807, 2.05) is 4.90 Å². The first-order valence-corrected chi connectivity index (χ1v) is 13.6. The molecule has 2 aromatic carbocycles. The van der Waals surface area contributed by atoms with Crippen molar-refractivity contribution in [3.63, 3.8) is 0 Å². The number of amides is 1. The average Bonchev–Trinajstić information content (AvgIpc) is 3.22. The van der Waals surface area contributed by atoms with Crippen molar-refractivity contribution in [2.75, 3.05) is 36.8 Å². The maximum Gasteiger partial charge on any atom is 0.222 e. The fourth-order valence-corrected chi connectivity index (χ4v) is 6.31. The first-order chi connectivity index (χ1) is 15.4. The van der Waals surface area contributed by atoms with Gasteiger partial charge in [-0.3, -0.25) is 4.79 Å². The van der Waals surface area contributed by atoms with Crippen LogP contribution in [0, 0.1) is 0 Å². The van der Waals surface area contributed by atoms with E-state index in [9.17, 15) is 13.2 Å². The molecule has 2 heterocycles. The second kappa shape index (κ2) is 9.77. The van der Waals surface area contributed by atoms with Crippen molar-refractivity contribution in [2.24, 2.45) is 0 Å². The molecule has 0 atom stereocenters. The molecule has 0 radical (unpaired) electrons. The second-order valence-corrected chi connectivity index (χ2v) is 11.5. The summed E-state index contributed by atoms with van der Waals surface area (Å²) >= 11 is 7.52. The maximum atomic E-state index is 12.6. The molecule has 0 aliphatic carbocycles. The van der Waals surface area contributed by atoms with E-state index in [1.165, 1.54) is 22.4 Å². The normalized spacial score (nSPS) is 14.8. The van der Waals surface area contributed by atoms with Crippen LogP contribution in [0.5, 0.6) is 0 Å². The zero-order valence-electron chi connectivity index (χ0n) is 18.0. The minimum atomic E-state index is -3.41. The number of nitrogens with zero attached hydrogens (tertiary/aromatic N) is 3. The molecule has 9 heteroatoms. The lowest BCUT2D eigenvalue weighted by Gasteiger charge is -2.34. The molecule has 0 saturated carbocycles. The monoisotopic (exact) mass is 491 g/mol. The third kappa shape index (κ3) is 5.24. The van der Waals surface area contributed by atoms with Crippen molar-refractivity contribution >= 4 is 54.0 Å². The molecule has 170 valence electrons. The van der Waals surface area contributed by atoms with Crippen LogP contribution in [0.15, 0.2) is 47.4 Å². The quantitative estimate of drug-likeness (QED) is 0.489. The summed E-state index contributed by atoms with van der Waals surface area (Å²) < 4.78 is 26.1. The molecule has 6 nitrogen and oxygen atoms in total. The smallest absolute Gasteiger partial charge is 0.222 e. The Bertz CT molecular complexity index is 1200. The van der Waals surface area contributed by atoms with Gasteiger partial charge in [0.1, 0.15) is 0 Å². The molecule has 1 fully saturated rings. The number of anilines is 1. The number of aromatic nitrogens is 1. The molecule has 1 aromatic heterocycles. The number of carbonyl (C=O) groups excluding carboxylic acids is 1. The van der Waals surface area contributed by atoms with Crippen molar-refractivity contribution in [3.8, 4) is 0 Å². The highest BCUT2D eigenvalue weighted by atomic mass is 35.5. The van der Waals surface area contributed by atoms with Gasteiger partial charge in [0.05, 0.1) is 20.9 Å². The number of halogens is 1. The number of fused-ring (bicyclic) bond motifs is 1. The predicted molar refractivity (Wildman–Crippen MR) is 131 cm³/mol. The lowest BCUT2D eigenvalue weighted by molar-refractivity contribution is -0.131. The second-order valence-electron chi connectivity index (χ2n) is 7.90. The van der Waals surface area contributed by atoms with Crippen LogP contribution in [0.4, 0.5) is 5.13 Å². The Hall–Kier alpha value is -2.16. The molecular weight excluding hydrogens is 466 g/mol. The number of hydrogen-bond acceptors (Lipinski definition) is 6. The number of carbonyl (C=O) groups is 1. The zero-order chi connectivity index (χ0) is 22.7. The predicted octanol–water partition coefficient (Wildman–Crippen LogP) is 4.41. The van der Waals surface area contributed by atoms with Gasteiger partial charge in [0.25, 0.3) is 0 Å². The minimum Gasteiger partial charge on any atom is -0.345 e. The van der Waals surface area contributed by atoms with E-state index in [4.69, 9.17) is 16.6 Å². The number of rotatable bonds is 7. The van der Waals surface area contributed by atoms with Crippen LogP contribution in [0.25, 0.3) is 10.2 Å². The molecule has 0 bridgehead atoms. The highest BCUT2D eigenvalue weighted by Crippen LogP contribution is 2.30. The lowest BCUT2D eigenvalue weighted by Crippen LogP contribution is -2.48. The van der Waals surface area contributed by atoms with E-state index < -0.39 is 9.84 Å². The van der Waals surface area contributed by atoms with Crippen LogP contribution >= 0.6 is 22.9 Å². The van der Waals surface area contributed by atoms with Crippen LogP contribution < -0.4 is 4.90 Å². The summed E-state index contributed by atoms with van der Waals surface area (Å²) in [5.41, 5.74) is 2.32. The Kier molecular flexibility index (Phi) is 7.02. The highest BCUT2D eigenvalue weighted by Gasteiger charge is 2.23. The molecule has 0 spiro atoms. The minimum absolute atomic E-state index is 0.00726. The van der Waals surface area contributed by atoms with Crippen molar-refractivity contribution in [1.82, 2.24) is 9.88 Å². The topological polar surface area (TPSA) is 70.6 Å². The van der Waals surface area contributed by atoms with E-state index in [0.717, 1.165) is 30.2 Å². The Morgan fingerprint density at radius 3 is 2.50 bits per heavy atom. The lowest BCUT2D eigenvalue weighted by atomic mass is 10.2. The molecule has 32 heavy (non-hydrogen) atoms. The fraction of sp³-hybridized carbons (Fsp3) is 0.391. The highest BCUT2D eigenvalue weighted by molar-refractivity contribution is 7.91. The van der Waals surface area contributed by atoms with Crippen LogP contribution in [0.2, 0.25) is 5.02 Å². The molecule has 3 aromatic rings. The van der Waals surface area contributed by atoms with Crippen molar-refractivity contribution in [2.45, 2.75) is 31.1 Å². The summed E-state index contributed by atoms with van der Waals surface area (Å²) in [6.07, 6.45) is 1.54. The summed E-state index contributed by atoms with van der Waals surface area (Å²) in [6.45, 7) is 4.86. The summed E-state index contributed by atoms with van der Waals surface area (Å²) in [5.74, 6) is -0.0425. The maximum absolute atomic E-state index is 12.6. The van der Waals surface area contributed by atoms with Gasteiger partial charge in [-0.05, 0) is 54.8 Å². The molecule has 4 rings (SSSR count). The average molecular weight is 492 g/mol. The summed E-state index contributed by atoms with van der Waals surface area (Å²) in [6, 6.07) is 12.5. The van der Waals surface area contributed by atoms with E-state index >= 15 is 0 Å². The third-order valence-electron chi connectivity index (χ3n) is 5.73. The Balaban J connectivity index is 1.27. The van der Waals surface area contributed by atoms with E-state index in [-0.39, 0.29) is 23.0 Å². The van der Waals surface area contributed by atoms with Crippen LogP contribution in [-0.4, -0.2) is 56.1 Å². The number of sulfone groups is 1. The molecule has 1 amide bonds. The van der Waals surface area contributed by atoms with Crippen molar-refractivity contribution in [1.29, 1.82) is 0 Å². The number of thiazole rings is 1. The van der Waals surface area contributed by atoms with E-state index in [2.05, 4.69) is 30.0 Å². The van der Waals surface area contributed by atoms with Gasteiger partial charge in [0.2, 0.25) is 5.91 Å². The van der Waals surface area contributed by atoms with Crippen LogP contribution in [0.3, 0.4) is 0 Å². The molecular formula is C23H26ClN3O3S2. The first kappa shape index (κ1) is 23.0. The summed E-state index contributed by atoms with van der Waals surface area (Å²) in [4.78, 5) is 21.7. The van der Waals surface area contributed by atoms with Gasteiger partial charge in [-0.25, -0.2) is 13.4 Å². The summed E-state index contributed by atoms with van der Waals surface area (Å²) in [7, 11) is -3.41. The Morgan fingerprint density at radius 1 is 1.09 bits per heavy atom. The van der Waals surface area contributed by atoms with Gasteiger partial charge < -0.3 is 9.80 Å². The Morgan fingerprint density at radius 2 is 1.81 bits per heavy atom. The number of benzene rings is 2. The summed E-state index contributed by atoms with van der Waals surface area (Å²) in [5, 5.41) is 1.49. The van der Waals surface area contributed by atoms with Gasteiger partial charge in [-0.1, -0.05) is 35.9 Å². The van der Waals surface area contributed by atoms with Crippen molar-refractivity contribution < 1.29 is 13.2 Å². The number of hydrogen-bond donors (Lipinski definition) is 0. The van der Waals surface area contributed by atoms with Gasteiger partial charge in [-0.15, -0.1) is 0 Å². The van der Waals surface area contributed by atoms with E-state index in [0.29, 0.717) is 24.5 Å². The van der Waals surface area contributed by atoms with Crippen LogP contribution in [-0.2, 0) is 21.1 Å². The van der Waals surface area contributed by atoms with E-state index in [1.54, 1.807) is 23.5 Å². The zero-order valence-corrected chi connectivity index (χ0v) is 20.3. The molecule has 0 N–H and O–H groups in total. The van der Waals surface area contributed by atoms with Gasteiger partial charge in [0, 0.05) is 37.6 Å². The first-order valence-electron chi connectivity index (χ1n) is 10.8. The third-order valence-corrected chi connectivity index (χ3v) is 8.88. The standard InChI is InChI=1S/C23H26ClN3O3S2/c1-2-17-5-10-20-21(16-17)31-23(25-20)27-13-11-26(12-14-27)22(28)4-3-15-32(29,30)19-8-6-18(24)7-9-19/h5-10,16H,2-4,11-15H2,1H3. The number of aryl methyl sites for hydroxylation is 1. The van der Waals surface area contributed by atoms with Crippen molar-refractivity contribution in [3.05, 3.63) is 53.1 Å². The molecule has 0 unspecified atom stereocenters. The number of piperazine rings is 1. The van der Waals surface area contributed by atoms with Gasteiger partial charge in [-0.2, -0.15) is 0 Å². The molecule has 1 aliphatic heterocycles. The fourth-order valence-electron chi connectivity index (χ4n) is 3.79. The SMILES string of the molecule is CCc1ccc2nc(N3CCN(C(=O)CCCS(=O)(=O)c4ccc(Cl)cc4)CC3)sc2c1. The van der Waals surface area contributed by atoms with Gasteiger partial charge in [0.15, 0.2) is 15.0 Å². The van der Waals surface area contributed by atoms with Gasteiger partial charge >= 0.3 is 0 Å². The molecule has 1 saturated heterocycles. The molecule has 1 aliphatic rings. The largest absolute Gasteiger partial charge is 0.345 e.